The first kappa shape index (κ1) is 17.5. The zero-order valence-corrected chi connectivity index (χ0v) is 15.4. The van der Waals surface area contributed by atoms with Crippen molar-refractivity contribution in [3.63, 3.8) is 0 Å². The van der Waals surface area contributed by atoms with Gasteiger partial charge in [-0.25, -0.2) is 0 Å². The summed E-state index contributed by atoms with van der Waals surface area (Å²) in [5.74, 6) is 0.638. The lowest BCUT2D eigenvalue weighted by Gasteiger charge is -2.36. The minimum absolute atomic E-state index is 0.181. The lowest BCUT2D eigenvalue weighted by atomic mass is 10.2. The average molecular weight is 381 g/mol. The van der Waals surface area contributed by atoms with Crippen LogP contribution in [0.25, 0.3) is 0 Å². The van der Waals surface area contributed by atoms with Crippen molar-refractivity contribution in [3.8, 4) is 0 Å². The number of hydrogen-bond acceptors (Lipinski definition) is 3. The number of halogens is 2. The van der Waals surface area contributed by atoms with Crippen LogP contribution in [0.2, 0.25) is 10.0 Å². The molecule has 0 N–H and O–H groups in total. The Morgan fingerprint density at radius 2 is 1.67 bits per heavy atom. The SMILES string of the molecule is O=C(CSc1ccc(Cl)cc1)N1CCN(c2cccc(Cl)c2)CC1. The second-order valence-electron chi connectivity index (χ2n) is 5.59. The lowest BCUT2D eigenvalue weighted by molar-refractivity contribution is -0.128. The maximum absolute atomic E-state index is 12.4. The van der Waals surface area contributed by atoms with Crippen LogP contribution >= 0.6 is 35.0 Å². The normalized spacial score (nSPS) is 14.8. The van der Waals surface area contributed by atoms with Gasteiger partial charge in [-0.3, -0.25) is 4.79 Å². The molecule has 3 rings (SSSR count). The van der Waals surface area contributed by atoms with Crippen LogP contribution in [0.15, 0.2) is 53.4 Å². The van der Waals surface area contributed by atoms with Gasteiger partial charge >= 0.3 is 0 Å². The zero-order valence-electron chi connectivity index (χ0n) is 13.1. The molecule has 1 amide bonds. The second-order valence-corrected chi connectivity index (χ2v) is 7.51. The maximum Gasteiger partial charge on any atom is 0.233 e. The van der Waals surface area contributed by atoms with Crippen LogP contribution in [0.4, 0.5) is 5.69 Å². The molecule has 126 valence electrons. The predicted octanol–water partition coefficient (Wildman–Crippen LogP) is 4.43. The van der Waals surface area contributed by atoms with Crippen molar-refractivity contribution in [3.05, 3.63) is 58.6 Å². The molecule has 1 aliphatic heterocycles. The van der Waals surface area contributed by atoms with Crippen LogP contribution in [0.5, 0.6) is 0 Å². The van der Waals surface area contributed by atoms with Crippen LogP contribution in [0, 0.1) is 0 Å². The van der Waals surface area contributed by atoms with Gasteiger partial charge in [0.1, 0.15) is 0 Å². The molecule has 0 spiro atoms. The fourth-order valence-electron chi connectivity index (χ4n) is 2.65. The van der Waals surface area contributed by atoms with Crippen molar-refractivity contribution < 1.29 is 4.79 Å². The van der Waals surface area contributed by atoms with Gasteiger partial charge in [0.05, 0.1) is 5.75 Å². The molecule has 0 unspecified atom stereocenters. The molecule has 0 atom stereocenters. The molecule has 2 aromatic carbocycles. The van der Waals surface area contributed by atoms with Gasteiger partial charge in [-0.05, 0) is 42.5 Å². The first-order valence-corrected chi connectivity index (χ1v) is 9.52. The van der Waals surface area contributed by atoms with E-state index in [1.165, 1.54) is 0 Å². The number of nitrogens with zero attached hydrogens (tertiary/aromatic N) is 2. The van der Waals surface area contributed by atoms with E-state index in [0.717, 1.165) is 41.8 Å². The number of carbonyl (C=O) groups excluding carboxylic acids is 1. The van der Waals surface area contributed by atoms with Gasteiger partial charge in [-0.1, -0.05) is 29.3 Å². The summed E-state index contributed by atoms with van der Waals surface area (Å²) in [6.07, 6.45) is 0. The van der Waals surface area contributed by atoms with E-state index in [-0.39, 0.29) is 5.91 Å². The minimum Gasteiger partial charge on any atom is -0.368 e. The van der Waals surface area contributed by atoms with Gasteiger partial charge in [0.15, 0.2) is 0 Å². The fourth-order valence-corrected chi connectivity index (χ4v) is 3.77. The van der Waals surface area contributed by atoms with Gasteiger partial charge in [0, 0.05) is 46.8 Å². The molecule has 6 heteroatoms. The number of benzene rings is 2. The topological polar surface area (TPSA) is 23.6 Å². The van der Waals surface area contributed by atoms with Crippen LogP contribution in [0.1, 0.15) is 0 Å². The summed E-state index contributed by atoms with van der Waals surface area (Å²) in [6, 6.07) is 15.4. The minimum atomic E-state index is 0.181. The van der Waals surface area contributed by atoms with E-state index in [0.29, 0.717) is 10.8 Å². The van der Waals surface area contributed by atoms with Crippen LogP contribution < -0.4 is 4.90 Å². The number of piperazine rings is 1. The summed E-state index contributed by atoms with van der Waals surface area (Å²) in [5, 5.41) is 1.45. The highest BCUT2D eigenvalue weighted by Crippen LogP contribution is 2.23. The van der Waals surface area contributed by atoms with Gasteiger partial charge in [-0.15, -0.1) is 11.8 Å². The molecule has 24 heavy (non-hydrogen) atoms. The Balaban J connectivity index is 1.49. The van der Waals surface area contributed by atoms with E-state index >= 15 is 0 Å². The second kappa shape index (κ2) is 8.15. The Hall–Kier alpha value is -1.36. The summed E-state index contributed by atoms with van der Waals surface area (Å²) in [5.41, 5.74) is 1.12. The van der Waals surface area contributed by atoms with Crippen molar-refractivity contribution in [1.82, 2.24) is 4.90 Å². The first-order chi connectivity index (χ1) is 11.6. The number of amides is 1. The Kier molecular flexibility index (Phi) is 5.93. The van der Waals surface area contributed by atoms with Gasteiger partial charge in [0.25, 0.3) is 0 Å². The third-order valence-electron chi connectivity index (χ3n) is 3.98. The highest BCUT2D eigenvalue weighted by molar-refractivity contribution is 8.00. The molecular formula is C18H18Cl2N2OS. The molecule has 1 aliphatic rings. The van der Waals surface area contributed by atoms with Crippen LogP contribution in [0.3, 0.4) is 0 Å². The van der Waals surface area contributed by atoms with E-state index in [4.69, 9.17) is 23.2 Å². The first-order valence-electron chi connectivity index (χ1n) is 7.78. The lowest BCUT2D eigenvalue weighted by Crippen LogP contribution is -2.49. The smallest absolute Gasteiger partial charge is 0.233 e. The third kappa shape index (κ3) is 4.59. The summed E-state index contributed by atoms with van der Waals surface area (Å²) in [6.45, 7) is 3.15. The fraction of sp³-hybridized carbons (Fsp3) is 0.278. The maximum atomic E-state index is 12.4. The summed E-state index contributed by atoms with van der Waals surface area (Å²) >= 11 is 13.5. The van der Waals surface area contributed by atoms with E-state index < -0.39 is 0 Å². The highest BCUT2D eigenvalue weighted by Gasteiger charge is 2.21. The van der Waals surface area contributed by atoms with E-state index in [1.807, 2.05) is 47.4 Å². The number of carbonyl (C=O) groups is 1. The van der Waals surface area contributed by atoms with Gasteiger partial charge < -0.3 is 9.80 Å². The number of hydrogen-bond donors (Lipinski definition) is 0. The standard InChI is InChI=1S/C18H18Cl2N2OS/c19-14-4-6-17(7-5-14)24-13-18(23)22-10-8-21(9-11-22)16-3-1-2-15(20)12-16/h1-7,12H,8-11,13H2. The van der Waals surface area contributed by atoms with Crippen molar-refractivity contribution in [2.24, 2.45) is 0 Å². The number of rotatable bonds is 4. The zero-order chi connectivity index (χ0) is 16.9. The molecule has 0 aromatic heterocycles. The molecule has 0 radical (unpaired) electrons. The summed E-state index contributed by atoms with van der Waals surface area (Å²) in [7, 11) is 0. The van der Waals surface area contributed by atoms with Gasteiger partial charge in [-0.2, -0.15) is 0 Å². The molecule has 3 nitrogen and oxygen atoms in total. The number of anilines is 1. The van der Waals surface area contributed by atoms with E-state index in [2.05, 4.69) is 11.0 Å². The van der Waals surface area contributed by atoms with Crippen molar-refractivity contribution in [2.45, 2.75) is 4.90 Å². The Labute approximate surface area is 156 Å². The van der Waals surface area contributed by atoms with Crippen LogP contribution in [-0.4, -0.2) is 42.7 Å². The van der Waals surface area contributed by atoms with Gasteiger partial charge in [0.2, 0.25) is 5.91 Å². The Morgan fingerprint density at radius 1 is 0.958 bits per heavy atom. The highest BCUT2D eigenvalue weighted by atomic mass is 35.5. The Morgan fingerprint density at radius 3 is 2.33 bits per heavy atom. The molecular weight excluding hydrogens is 363 g/mol. The quantitative estimate of drug-likeness (QED) is 0.732. The largest absolute Gasteiger partial charge is 0.368 e. The van der Waals surface area contributed by atoms with E-state index in [1.54, 1.807) is 11.8 Å². The summed E-state index contributed by atoms with van der Waals surface area (Å²) < 4.78 is 0. The average Bonchev–Trinajstić information content (AvgIpc) is 2.61. The predicted molar refractivity (Wildman–Crippen MR) is 102 cm³/mol. The molecule has 1 fully saturated rings. The molecule has 1 saturated heterocycles. The number of thioether (sulfide) groups is 1. The molecule has 2 aromatic rings. The monoisotopic (exact) mass is 380 g/mol. The molecule has 0 saturated carbocycles. The summed E-state index contributed by atoms with van der Waals surface area (Å²) in [4.78, 5) is 17.6. The van der Waals surface area contributed by atoms with E-state index in [9.17, 15) is 4.79 Å². The third-order valence-corrected chi connectivity index (χ3v) is 5.47. The molecule has 0 aliphatic carbocycles. The molecule has 1 heterocycles. The Bertz CT molecular complexity index is 700. The molecule has 0 bridgehead atoms. The van der Waals surface area contributed by atoms with Crippen LogP contribution in [-0.2, 0) is 4.79 Å². The van der Waals surface area contributed by atoms with Crippen molar-refractivity contribution in [1.29, 1.82) is 0 Å². The van der Waals surface area contributed by atoms with Crippen molar-refractivity contribution in [2.75, 3.05) is 36.8 Å². The van der Waals surface area contributed by atoms with Crippen molar-refractivity contribution >= 4 is 46.6 Å².